The van der Waals surface area contributed by atoms with Gasteiger partial charge in [-0.05, 0) is 53.6 Å². The predicted molar refractivity (Wildman–Crippen MR) is 176 cm³/mol. The van der Waals surface area contributed by atoms with Crippen LogP contribution >= 0.6 is 15.9 Å². The zero-order valence-electron chi connectivity index (χ0n) is 25.2. The van der Waals surface area contributed by atoms with Crippen molar-refractivity contribution in [3.63, 3.8) is 0 Å². The molecule has 3 N–H and O–H groups in total. The lowest BCUT2D eigenvalue weighted by Gasteiger charge is -2.31. The van der Waals surface area contributed by atoms with E-state index in [0.29, 0.717) is 41.7 Å². The average molecular weight is 675 g/mol. The number of hydrogen-bond acceptors (Lipinski definition) is 8. The number of aliphatic hydroxyl groups excluding tert-OH is 1. The molecule has 0 aliphatic carbocycles. The van der Waals surface area contributed by atoms with E-state index in [1.54, 1.807) is 14.2 Å². The molecular weight excluding hydrogens is 638 g/mol. The number of hydrogen-bond donors (Lipinski definition) is 3. The van der Waals surface area contributed by atoms with Gasteiger partial charge in [0, 0.05) is 41.6 Å². The molecule has 0 spiro atoms. The van der Waals surface area contributed by atoms with Gasteiger partial charge in [-0.1, -0.05) is 70.5 Å². The molecule has 1 amide bonds. The maximum absolute atomic E-state index is 14.4. The first-order valence-corrected chi connectivity index (χ1v) is 15.4. The van der Waals surface area contributed by atoms with Gasteiger partial charge < -0.3 is 24.1 Å². The van der Waals surface area contributed by atoms with Crippen molar-refractivity contribution in [3.8, 4) is 17.2 Å². The second-order valence-electron chi connectivity index (χ2n) is 10.5. The van der Waals surface area contributed by atoms with Crippen LogP contribution in [0.4, 0.5) is 0 Å². The summed E-state index contributed by atoms with van der Waals surface area (Å²) in [5.41, 5.74) is 7.91. The highest BCUT2D eigenvalue weighted by molar-refractivity contribution is 9.10. The van der Waals surface area contributed by atoms with Gasteiger partial charge >= 0.3 is 0 Å². The lowest BCUT2D eigenvalue weighted by atomic mass is 9.82. The number of amides is 1. The SMILES string of the molecule is COc1cccc(CNNC(=O)[C@@]2(Cc3ccccc3)N=C(c3ccc(OCCCO)cc3)O[C@H]2c2ccc(Br)cc2)c1OC. The van der Waals surface area contributed by atoms with E-state index in [9.17, 15) is 4.79 Å². The third-order valence-electron chi connectivity index (χ3n) is 7.48. The van der Waals surface area contributed by atoms with Gasteiger partial charge in [0.15, 0.2) is 23.1 Å². The monoisotopic (exact) mass is 673 g/mol. The molecule has 1 aliphatic heterocycles. The molecule has 4 aromatic rings. The summed E-state index contributed by atoms with van der Waals surface area (Å²) >= 11 is 3.52. The summed E-state index contributed by atoms with van der Waals surface area (Å²) in [5, 5.41) is 9.06. The predicted octanol–water partition coefficient (Wildman–Crippen LogP) is 5.55. The van der Waals surface area contributed by atoms with E-state index in [1.165, 1.54) is 0 Å². The smallest absolute Gasteiger partial charge is 0.266 e. The van der Waals surface area contributed by atoms with Gasteiger partial charge in [-0.15, -0.1) is 0 Å². The maximum atomic E-state index is 14.4. The van der Waals surface area contributed by atoms with Gasteiger partial charge in [0.1, 0.15) is 5.75 Å². The number of carbonyl (C=O) groups is 1. The summed E-state index contributed by atoms with van der Waals surface area (Å²) in [6, 6.07) is 30.5. The minimum absolute atomic E-state index is 0.0632. The molecule has 0 bridgehead atoms. The third kappa shape index (κ3) is 7.47. The molecule has 234 valence electrons. The first-order valence-electron chi connectivity index (χ1n) is 14.6. The number of benzene rings is 4. The van der Waals surface area contributed by atoms with Crippen molar-refractivity contribution in [2.45, 2.75) is 31.0 Å². The molecule has 10 heteroatoms. The molecule has 0 radical (unpaired) electrons. The minimum atomic E-state index is -1.35. The molecular formula is C35H36BrN3O6. The zero-order chi connectivity index (χ0) is 31.6. The van der Waals surface area contributed by atoms with Crippen molar-refractivity contribution < 1.29 is 28.8 Å². The molecule has 0 saturated carbocycles. The molecule has 1 aliphatic rings. The molecule has 0 fully saturated rings. The molecule has 2 atom stereocenters. The number of carbonyl (C=O) groups excluding carboxylic acids is 1. The highest BCUT2D eigenvalue weighted by atomic mass is 79.9. The average Bonchev–Trinajstić information content (AvgIpc) is 3.46. The van der Waals surface area contributed by atoms with Crippen LogP contribution in [0.1, 0.15) is 34.8 Å². The summed E-state index contributed by atoms with van der Waals surface area (Å²) in [6.45, 7) is 0.757. The van der Waals surface area contributed by atoms with Crippen LogP contribution in [0, 0.1) is 0 Å². The number of para-hydroxylation sites is 1. The van der Waals surface area contributed by atoms with Gasteiger partial charge in [0.2, 0.25) is 5.90 Å². The zero-order valence-corrected chi connectivity index (χ0v) is 26.8. The first-order chi connectivity index (χ1) is 22.0. The normalized spacial score (nSPS) is 17.2. The van der Waals surface area contributed by atoms with Gasteiger partial charge in [-0.25, -0.2) is 10.4 Å². The van der Waals surface area contributed by atoms with E-state index in [1.807, 2.05) is 97.1 Å². The van der Waals surface area contributed by atoms with Crippen molar-refractivity contribution in [1.82, 2.24) is 10.9 Å². The van der Waals surface area contributed by atoms with E-state index in [-0.39, 0.29) is 25.5 Å². The number of nitrogens with zero attached hydrogens (tertiary/aromatic N) is 1. The molecule has 0 saturated heterocycles. The van der Waals surface area contributed by atoms with Crippen LogP contribution < -0.4 is 25.1 Å². The van der Waals surface area contributed by atoms with Gasteiger partial charge in [0.05, 0.1) is 20.8 Å². The Hall–Kier alpha value is -4.38. The third-order valence-corrected chi connectivity index (χ3v) is 8.01. The lowest BCUT2D eigenvalue weighted by molar-refractivity contribution is -0.130. The van der Waals surface area contributed by atoms with Crippen LogP contribution in [-0.2, 0) is 22.5 Å². The van der Waals surface area contributed by atoms with Crippen LogP contribution in [0.15, 0.2) is 107 Å². The van der Waals surface area contributed by atoms with Crippen LogP contribution in [0.5, 0.6) is 17.2 Å². The number of nitrogens with one attached hydrogen (secondary N) is 2. The van der Waals surface area contributed by atoms with Gasteiger partial charge in [-0.3, -0.25) is 10.2 Å². The fourth-order valence-corrected chi connectivity index (χ4v) is 5.51. The molecule has 0 aromatic heterocycles. The second kappa shape index (κ2) is 15.1. The number of rotatable bonds is 14. The Labute approximate surface area is 271 Å². The highest BCUT2D eigenvalue weighted by Gasteiger charge is 2.53. The highest BCUT2D eigenvalue weighted by Crippen LogP contribution is 2.43. The van der Waals surface area contributed by atoms with Gasteiger partial charge in [-0.2, -0.15) is 0 Å². The fourth-order valence-electron chi connectivity index (χ4n) is 5.25. The Morgan fingerprint density at radius 3 is 2.40 bits per heavy atom. The fraction of sp³-hybridized carbons (Fsp3) is 0.257. The molecule has 0 unspecified atom stereocenters. The summed E-state index contributed by atoms with van der Waals surface area (Å²) in [5.74, 6) is 1.86. The lowest BCUT2D eigenvalue weighted by Crippen LogP contribution is -2.53. The summed E-state index contributed by atoms with van der Waals surface area (Å²) in [4.78, 5) is 19.5. The van der Waals surface area contributed by atoms with Crippen molar-refractivity contribution in [2.24, 2.45) is 4.99 Å². The number of methoxy groups -OCH3 is 2. The number of aliphatic imine (C=N–C) groups is 1. The van der Waals surface area contributed by atoms with Crippen molar-refractivity contribution >= 4 is 27.7 Å². The molecule has 1 heterocycles. The standard InChI is InChI=1S/C35H36BrN3O6/c1-42-30-11-6-10-27(31(30)43-2)23-37-39-34(41)35(22-24-8-4-3-5-9-24)32(25-12-16-28(36)17-13-25)45-33(38-35)26-14-18-29(19-15-26)44-21-7-20-40/h3-6,8-19,32,37,40H,7,20-23H2,1-2H3,(H,39,41)/t32-,35-/m0/s1. The van der Waals surface area contributed by atoms with Crippen molar-refractivity contribution in [2.75, 3.05) is 27.4 Å². The maximum Gasteiger partial charge on any atom is 0.266 e. The van der Waals surface area contributed by atoms with E-state index in [2.05, 4.69) is 26.8 Å². The molecule has 9 nitrogen and oxygen atoms in total. The Bertz CT molecular complexity index is 1600. The summed E-state index contributed by atoms with van der Waals surface area (Å²) in [6.07, 6.45) is 0.105. The van der Waals surface area contributed by atoms with Crippen LogP contribution in [0.25, 0.3) is 0 Å². The Kier molecular flexibility index (Phi) is 10.7. The van der Waals surface area contributed by atoms with E-state index in [0.717, 1.165) is 21.2 Å². The van der Waals surface area contributed by atoms with Crippen LogP contribution in [0.3, 0.4) is 0 Å². The first kappa shape index (κ1) is 32.0. The number of halogens is 1. The molecule has 45 heavy (non-hydrogen) atoms. The number of aliphatic hydroxyl groups is 1. The Morgan fingerprint density at radius 2 is 1.71 bits per heavy atom. The van der Waals surface area contributed by atoms with Crippen LogP contribution in [0.2, 0.25) is 0 Å². The molecule has 5 rings (SSSR count). The number of ether oxygens (including phenoxy) is 4. The van der Waals surface area contributed by atoms with E-state index in [4.69, 9.17) is 29.0 Å². The largest absolute Gasteiger partial charge is 0.494 e. The Morgan fingerprint density at radius 1 is 0.956 bits per heavy atom. The van der Waals surface area contributed by atoms with Crippen molar-refractivity contribution in [1.29, 1.82) is 0 Å². The second-order valence-corrected chi connectivity index (χ2v) is 11.4. The number of hydrazine groups is 1. The van der Waals surface area contributed by atoms with E-state index >= 15 is 0 Å². The topological polar surface area (TPSA) is 111 Å². The van der Waals surface area contributed by atoms with Crippen molar-refractivity contribution in [3.05, 3.63) is 124 Å². The summed E-state index contributed by atoms with van der Waals surface area (Å²) in [7, 11) is 3.16. The van der Waals surface area contributed by atoms with Crippen LogP contribution in [-0.4, -0.2) is 49.9 Å². The summed E-state index contributed by atoms with van der Waals surface area (Å²) < 4.78 is 24.2. The minimum Gasteiger partial charge on any atom is -0.494 e. The Balaban J connectivity index is 1.49. The molecule has 4 aromatic carbocycles. The van der Waals surface area contributed by atoms with Gasteiger partial charge in [0.25, 0.3) is 5.91 Å². The van der Waals surface area contributed by atoms with E-state index < -0.39 is 11.6 Å². The quantitative estimate of drug-likeness (QED) is 0.119.